The Bertz CT molecular complexity index is 389. The van der Waals surface area contributed by atoms with Gasteiger partial charge >= 0.3 is 5.82 Å². The summed E-state index contributed by atoms with van der Waals surface area (Å²) in [5.74, 6) is -0.262. The zero-order chi connectivity index (χ0) is 11.5. The fourth-order valence-corrected chi connectivity index (χ4v) is 1.64. The van der Waals surface area contributed by atoms with Crippen LogP contribution in [0.3, 0.4) is 0 Å². The second kappa shape index (κ2) is 4.77. The molecular formula is C8H10ClN3O4. The molecule has 0 aliphatic carbocycles. The van der Waals surface area contributed by atoms with E-state index in [2.05, 4.69) is 5.10 Å². The fourth-order valence-electron chi connectivity index (χ4n) is 1.43. The molecule has 2 rings (SSSR count). The Morgan fingerprint density at radius 3 is 3.06 bits per heavy atom. The van der Waals surface area contributed by atoms with Gasteiger partial charge in [0, 0.05) is 0 Å². The van der Waals surface area contributed by atoms with Crippen LogP contribution in [0.1, 0.15) is 0 Å². The maximum Gasteiger partial charge on any atom is 0.391 e. The minimum Gasteiger partial charge on any atom is -0.376 e. The van der Waals surface area contributed by atoms with E-state index in [1.807, 2.05) is 0 Å². The number of aromatic nitrogens is 2. The third kappa shape index (κ3) is 2.49. The van der Waals surface area contributed by atoms with Crippen LogP contribution in [0.25, 0.3) is 0 Å². The highest BCUT2D eigenvalue weighted by Crippen LogP contribution is 2.18. The first-order chi connectivity index (χ1) is 7.66. The first kappa shape index (κ1) is 11.3. The summed E-state index contributed by atoms with van der Waals surface area (Å²) in [4.78, 5) is 9.89. The molecule has 1 fully saturated rings. The number of hydrogen-bond acceptors (Lipinski definition) is 5. The van der Waals surface area contributed by atoms with E-state index in [4.69, 9.17) is 21.1 Å². The zero-order valence-electron chi connectivity index (χ0n) is 8.34. The third-order valence-electron chi connectivity index (χ3n) is 2.17. The molecule has 0 saturated carbocycles. The van der Waals surface area contributed by atoms with Gasteiger partial charge in [-0.15, -0.1) is 0 Å². The van der Waals surface area contributed by atoms with Crippen molar-refractivity contribution in [3.63, 3.8) is 0 Å². The highest BCUT2D eigenvalue weighted by molar-refractivity contribution is 6.29. The molecular weight excluding hydrogens is 238 g/mol. The average molecular weight is 248 g/mol. The number of nitro groups is 1. The van der Waals surface area contributed by atoms with Crippen LogP contribution < -0.4 is 0 Å². The Morgan fingerprint density at radius 2 is 2.50 bits per heavy atom. The lowest BCUT2D eigenvalue weighted by Crippen LogP contribution is -2.32. The SMILES string of the molecule is O=[N+]([O-])c1cc(Cl)n(C[C@H]2COCCO2)n1. The molecule has 2 heterocycles. The van der Waals surface area contributed by atoms with Crippen molar-refractivity contribution >= 4 is 17.4 Å². The van der Waals surface area contributed by atoms with Gasteiger partial charge in [0.2, 0.25) is 0 Å². The van der Waals surface area contributed by atoms with Gasteiger partial charge in [0.15, 0.2) is 5.15 Å². The molecule has 0 bridgehead atoms. The molecule has 8 heteroatoms. The van der Waals surface area contributed by atoms with Gasteiger partial charge in [-0.3, -0.25) is 0 Å². The molecule has 1 aromatic heterocycles. The van der Waals surface area contributed by atoms with Gasteiger partial charge in [-0.25, -0.2) is 0 Å². The Kier molecular flexibility index (Phi) is 3.37. The predicted molar refractivity (Wildman–Crippen MR) is 54.5 cm³/mol. The van der Waals surface area contributed by atoms with Gasteiger partial charge in [0.05, 0.1) is 37.5 Å². The van der Waals surface area contributed by atoms with Crippen molar-refractivity contribution in [2.24, 2.45) is 0 Å². The molecule has 1 saturated heterocycles. The second-order valence-corrected chi connectivity index (χ2v) is 3.72. The Hall–Kier alpha value is -1.18. The standard InChI is InChI=1S/C8H10ClN3O4/c9-7-3-8(12(13)14)10-11(7)4-6-5-15-1-2-16-6/h3,6H,1-2,4-5H2/t6-/m0/s1. The number of halogens is 1. The van der Waals surface area contributed by atoms with E-state index in [0.717, 1.165) is 0 Å². The van der Waals surface area contributed by atoms with Gasteiger partial charge in [0.1, 0.15) is 6.10 Å². The Balaban J connectivity index is 2.05. The Labute approximate surface area is 96.0 Å². The van der Waals surface area contributed by atoms with Gasteiger partial charge < -0.3 is 19.6 Å². The van der Waals surface area contributed by atoms with Gasteiger partial charge in [-0.05, 0) is 4.92 Å². The molecule has 0 radical (unpaired) electrons. The second-order valence-electron chi connectivity index (χ2n) is 3.33. The van der Waals surface area contributed by atoms with Crippen LogP contribution >= 0.6 is 11.6 Å². The summed E-state index contributed by atoms with van der Waals surface area (Å²) < 4.78 is 11.9. The molecule has 1 aliphatic heterocycles. The molecule has 88 valence electrons. The van der Waals surface area contributed by atoms with Gasteiger partial charge in [-0.1, -0.05) is 11.6 Å². The molecule has 1 aliphatic rings. The van der Waals surface area contributed by atoms with E-state index in [0.29, 0.717) is 26.4 Å². The van der Waals surface area contributed by atoms with E-state index in [-0.39, 0.29) is 17.1 Å². The number of rotatable bonds is 3. The molecule has 0 amide bonds. The predicted octanol–water partition coefficient (Wildman–Crippen LogP) is 0.860. The van der Waals surface area contributed by atoms with Crippen LogP contribution in [0.15, 0.2) is 6.07 Å². The topological polar surface area (TPSA) is 79.4 Å². The van der Waals surface area contributed by atoms with Crippen molar-refractivity contribution < 1.29 is 14.4 Å². The molecule has 7 nitrogen and oxygen atoms in total. The molecule has 0 aromatic carbocycles. The van der Waals surface area contributed by atoms with Gasteiger partial charge in [-0.2, -0.15) is 4.68 Å². The van der Waals surface area contributed by atoms with E-state index >= 15 is 0 Å². The van der Waals surface area contributed by atoms with Crippen molar-refractivity contribution in [2.75, 3.05) is 19.8 Å². The molecule has 1 aromatic rings. The van der Waals surface area contributed by atoms with Crippen LogP contribution in [-0.4, -0.2) is 40.6 Å². The van der Waals surface area contributed by atoms with E-state index in [1.54, 1.807) is 0 Å². The van der Waals surface area contributed by atoms with E-state index in [1.165, 1.54) is 10.7 Å². The van der Waals surface area contributed by atoms with E-state index < -0.39 is 4.92 Å². The number of ether oxygens (including phenoxy) is 2. The first-order valence-electron chi connectivity index (χ1n) is 4.74. The lowest BCUT2D eigenvalue weighted by atomic mass is 10.3. The summed E-state index contributed by atoms with van der Waals surface area (Å²) in [5, 5.41) is 14.5. The largest absolute Gasteiger partial charge is 0.391 e. The van der Waals surface area contributed by atoms with Gasteiger partial charge in [0.25, 0.3) is 0 Å². The van der Waals surface area contributed by atoms with Crippen LogP contribution in [-0.2, 0) is 16.0 Å². The summed E-state index contributed by atoms with van der Waals surface area (Å²) >= 11 is 5.81. The lowest BCUT2D eigenvalue weighted by molar-refractivity contribution is -0.389. The van der Waals surface area contributed by atoms with Crippen molar-refractivity contribution in [1.82, 2.24) is 9.78 Å². The summed E-state index contributed by atoms with van der Waals surface area (Å²) in [6, 6.07) is 1.21. The minimum atomic E-state index is -0.583. The normalized spacial score (nSPS) is 20.9. The molecule has 0 unspecified atom stereocenters. The summed E-state index contributed by atoms with van der Waals surface area (Å²) in [7, 11) is 0. The smallest absolute Gasteiger partial charge is 0.376 e. The maximum absolute atomic E-state index is 10.5. The van der Waals surface area contributed by atoms with Crippen molar-refractivity contribution in [1.29, 1.82) is 0 Å². The molecule has 0 spiro atoms. The van der Waals surface area contributed by atoms with Crippen molar-refractivity contribution in [2.45, 2.75) is 12.6 Å². The van der Waals surface area contributed by atoms with E-state index in [9.17, 15) is 10.1 Å². The fraction of sp³-hybridized carbons (Fsp3) is 0.625. The summed E-state index contributed by atoms with van der Waals surface area (Å²) in [5.41, 5.74) is 0. The van der Waals surface area contributed by atoms with Crippen LogP contribution in [0.4, 0.5) is 5.82 Å². The lowest BCUT2D eigenvalue weighted by Gasteiger charge is -2.21. The minimum absolute atomic E-state index is 0.161. The van der Waals surface area contributed by atoms with Crippen LogP contribution in [0.5, 0.6) is 0 Å². The molecule has 1 atom stereocenters. The zero-order valence-corrected chi connectivity index (χ0v) is 9.09. The Morgan fingerprint density at radius 1 is 1.69 bits per heavy atom. The summed E-state index contributed by atoms with van der Waals surface area (Å²) in [6.45, 7) is 1.89. The average Bonchev–Trinajstić information content (AvgIpc) is 2.62. The van der Waals surface area contributed by atoms with Crippen molar-refractivity contribution in [3.05, 3.63) is 21.3 Å². The molecule has 16 heavy (non-hydrogen) atoms. The van der Waals surface area contributed by atoms with Crippen LogP contribution in [0.2, 0.25) is 5.15 Å². The monoisotopic (exact) mass is 247 g/mol. The van der Waals surface area contributed by atoms with Crippen LogP contribution in [0, 0.1) is 10.1 Å². The van der Waals surface area contributed by atoms with Crippen molar-refractivity contribution in [3.8, 4) is 0 Å². The highest BCUT2D eigenvalue weighted by atomic mass is 35.5. The number of hydrogen-bond donors (Lipinski definition) is 0. The first-order valence-corrected chi connectivity index (χ1v) is 5.11. The highest BCUT2D eigenvalue weighted by Gasteiger charge is 2.22. The maximum atomic E-state index is 10.5. The quantitative estimate of drug-likeness (QED) is 0.585. The molecule has 0 N–H and O–H groups in total. The number of nitrogens with zero attached hydrogens (tertiary/aromatic N) is 3. The third-order valence-corrected chi connectivity index (χ3v) is 2.47. The summed E-state index contributed by atoms with van der Waals surface area (Å²) in [6.07, 6.45) is -0.161.